The second-order valence-corrected chi connectivity index (χ2v) is 10.1. The Morgan fingerprint density at radius 1 is 0.882 bits per heavy atom. The van der Waals surface area contributed by atoms with E-state index >= 15 is 0 Å². The van der Waals surface area contributed by atoms with Gasteiger partial charge in [0.25, 0.3) is 10.0 Å². The van der Waals surface area contributed by atoms with Crippen molar-refractivity contribution in [2.24, 2.45) is 0 Å². The predicted molar refractivity (Wildman–Crippen MR) is 136 cm³/mol. The van der Waals surface area contributed by atoms with Crippen LogP contribution in [0.1, 0.15) is 48.2 Å². The Morgan fingerprint density at radius 2 is 1.50 bits per heavy atom. The third-order valence-corrected chi connectivity index (χ3v) is 7.30. The topological polar surface area (TPSA) is 83.6 Å². The van der Waals surface area contributed by atoms with Gasteiger partial charge in [-0.2, -0.15) is 0 Å². The lowest BCUT2D eigenvalue weighted by molar-refractivity contribution is -0.114. The van der Waals surface area contributed by atoms with Crippen molar-refractivity contribution >= 4 is 33.1 Å². The monoisotopic (exact) mass is 478 g/mol. The van der Waals surface area contributed by atoms with E-state index in [1.54, 1.807) is 24.3 Å². The molecule has 1 N–H and O–H groups in total. The van der Waals surface area contributed by atoms with Crippen molar-refractivity contribution in [2.45, 2.75) is 44.9 Å². The lowest BCUT2D eigenvalue weighted by Gasteiger charge is -2.24. The fraction of sp³-hybridized carbons (Fsp3) is 0.259. The molecule has 0 radical (unpaired) electrons. The lowest BCUT2D eigenvalue weighted by atomic mass is 10.1. The Morgan fingerprint density at radius 3 is 2.06 bits per heavy atom. The van der Waals surface area contributed by atoms with Crippen LogP contribution in [0.15, 0.2) is 77.7 Å². The largest absolute Gasteiger partial charge is 0.325 e. The number of carbonyl (C=O) groups is 2. The lowest BCUT2D eigenvalue weighted by Crippen LogP contribution is -2.38. The molecule has 0 aliphatic heterocycles. The number of amides is 1. The molecule has 3 aromatic rings. The summed E-state index contributed by atoms with van der Waals surface area (Å²) in [5.74, 6) is -0.591. The molecule has 178 valence electrons. The normalized spacial score (nSPS) is 11.1. The summed E-state index contributed by atoms with van der Waals surface area (Å²) >= 11 is 0. The molecule has 0 saturated heterocycles. The van der Waals surface area contributed by atoms with Crippen LogP contribution in [-0.4, -0.2) is 26.7 Å². The molecule has 0 bridgehead atoms. The van der Waals surface area contributed by atoms with Crippen LogP contribution in [0, 0.1) is 6.92 Å². The van der Waals surface area contributed by atoms with E-state index in [4.69, 9.17) is 0 Å². The number of anilines is 2. The number of carbonyl (C=O) groups excluding carboxylic acids is 2. The summed E-state index contributed by atoms with van der Waals surface area (Å²) in [6.07, 6.45) is 3.18. The van der Waals surface area contributed by atoms with Crippen LogP contribution in [-0.2, 0) is 21.2 Å². The highest BCUT2D eigenvalue weighted by Gasteiger charge is 2.27. The van der Waals surface area contributed by atoms with Gasteiger partial charge in [0.15, 0.2) is 5.78 Å². The summed E-state index contributed by atoms with van der Waals surface area (Å²) in [7, 11) is -4.02. The summed E-state index contributed by atoms with van der Waals surface area (Å²) < 4.78 is 28.0. The number of Topliss-reactive ketones (excluding diaryl/α,β-unsaturated/α-hetero) is 1. The quantitative estimate of drug-likeness (QED) is 0.397. The number of ketones is 1. The highest BCUT2D eigenvalue weighted by molar-refractivity contribution is 7.92. The van der Waals surface area contributed by atoms with Gasteiger partial charge in [-0.25, -0.2) is 8.42 Å². The number of aryl methyl sites for hydroxylation is 2. The molecule has 6 nitrogen and oxygen atoms in total. The summed E-state index contributed by atoms with van der Waals surface area (Å²) in [4.78, 5) is 24.6. The SMILES string of the molecule is CCCCc1ccc(NC(=O)CN(c2ccc(C(C)=O)cc2)S(=O)(=O)c2ccc(C)cc2)cc1. The van der Waals surface area contributed by atoms with Gasteiger partial charge in [0.2, 0.25) is 5.91 Å². The van der Waals surface area contributed by atoms with E-state index in [1.165, 1.54) is 36.8 Å². The van der Waals surface area contributed by atoms with Gasteiger partial charge in [-0.05, 0) is 80.8 Å². The highest BCUT2D eigenvalue weighted by Crippen LogP contribution is 2.25. The molecule has 0 aliphatic carbocycles. The standard InChI is InChI=1S/C27H30N2O4S/c1-4-5-6-22-9-13-24(14-10-22)28-27(31)19-29(25-15-11-23(12-16-25)21(3)30)34(32,33)26-17-7-20(2)8-18-26/h7-18H,4-6,19H2,1-3H3,(H,28,31). The minimum atomic E-state index is -4.02. The van der Waals surface area contributed by atoms with E-state index in [0.717, 1.165) is 29.1 Å². The summed E-state index contributed by atoms with van der Waals surface area (Å²) in [5, 5.41) is 2.79. The number of sulfonamides is 1. The number of rotatable bonds is 10. The number of nitrogens with one attached hydrogen (secondary N) is 1. The van der Waals surface area contributed by atoms with Gasteiger partial charge in [0.05, 0.1) is 10.6 Å². The fourth-order valence-electron chi connectivity index (χ4n) is 3.48. The van der Waals surface area contributed by atoms with Gasteiger partial charge >= 0.3 is 0 Å². The molecule has 0 unspecified atom stereocenters. The molecular weight excluding hydrogens is 448 g/mol. The van der Waals surface area contributed by atoms with E-state index in [-0.39, 0.29) is 10.7 Å². The molecule has 0 aromatic heterocycles. The highest BCUT2D eigenvalue weighted by atomic mass is 32.2. The van der Waals surface area contributed by atoms with Crippen LogP contribution < -0.4 is 9.62 Å². The Hall–Kier alpha value is -3.45. The molecule has 3 rings (SSSR count). The zero-order chi connectivity index (χ0) is 24.7. The maximum Gasteiger partial charge on any atom is 0.264 e. The Balaban J connectivity index is 1.86. The van der Waals surface area contributed by atoms with Crippen molar-refractivity contribution < 1.29 is 18.0 Å². The van der Waals surface area contributed by atoms with E-state index in [2.05, 4.69) is 12.2 Å². The third-order valence-electron chi connectivity index (χ3n) is 5.51. The van der Waals surface area contributed by atoms with Crippen LogP contribution in [0.5, 0.6) is 0 Å². The third kappa shape index (κ3) is 6.32. The maximum absolute atomic E-state index is 13.5. The number of nitrogens with zero attached hydrogens (tertiary/aromatic N) is 1. The average molecular weight is 479 g/mol. The second kappa shape index (κ2) is 11.1. The summed E-state index contributed by atoms with van der Waals surface area (Å²) in [6.45, 7) is 5.04. The van der Waals surface area contributed by atoms with E-state index < -0.39 is 22.5 Å². The zero-order valence-corrected chi connectivity index (χ0v) is 20.6. The van der Waals surface area contributed by atoms with Crippen molar-refractivity contribution in [3.63, 3.8) is 0 Å². The number of benzene rings is 3. The fourth-order valence-corrected chi connectivity index (χ4v) is 4.90. The van der Waals surface area contributed by atoms with E-state index in [9.17, 15) is 18.0 Å². The van der Waals surface area contributed by atoms with Crippen molar-refractivity contribution in [2.75, 3.05) is 16.2 Å². The first-order chi connectivity index (χ1) is 16.2. The van der Waals surface area contributed by atoms with Gasteiger partial charge in [-0.15, -0.1) is 0 Å². The van der Waals surface area contributed by atoms with Crippen LogP contribution in [0.3, 0.4) is 0 Å². The van der Waals surface area contributed by atoms with Crippen molar-refractivity contribution in [1.82, 2.24) is 0 Å². The zero-order valence-electron chi connectivity index (χ0n) is 19.7. The van der Waals surface area contributed by atoms with E-state index in [0.29, 0.717) is 16.9 Å². The molecule has 1 amide bonds. The molecule has 0 saturated carbocycles. The maximum atomic E-state index is 13.5. The van der Waals surface area contributed by atoms with Crippen LogP contribution in [0.2, 0.25) is 0 Å². The Kier molecular flexibility index (Phi) is 8.23. The van der Waals surface area contributed by atoms with Crippen LogP contribution in [0.4, 0.5) is 11.4 Å². The molecular formula is C27H30N2O4S. The molecule has 0 heterocycles. The van der Waals surface area contributed by atoms with Gasteiger partial charge in [-0.3, -0.25) is 13.9 Å². The second-order valence-electron chi connectivity index (χ2n) is 8.28. The van der Waals surface area contributed by atoms with Gasteiger partial charge in [0.1, 0.15) is 6.54 Å². The summed E-state index contributed by atoms with van der Waals surface area (Å²) in [5.41, 5.74) is 3.48. The summed E-state index contributed by atoms with van der Waals surface area (Å²) in [6, 6.07) is 20.2. The molecule has 7 heteroatoms. The molecule has 0 aliphatic rings. The molecule has 0 atom stereocenters. The molecule has 3 aromatic carbocycles. The number of hydrogen-bond acceptors (Lipinski definition) is 4. The van der Waals surface area contributed by atoms with Crippen molar-refractivity contribution in [3.05, 3.63) is 89.5 Å². The molecule has 0 fully saturated rings. The molecule has 0 spiro atoms. The van der Waals surface area contributed by atoms with Crippen molar-refractivity contribution in [1.29, 1.82) is 0 Å². The number of hydrogen-bond donors (Lipinski definition) is 1. The van der Waals surface area contributed by atoms with Gasteiger partial charge in [0, 0.05) is 11.3 Å². The number of unbranched alkanes of at least 4 members (excludes halogenated alkanes) is 1. The van der Waals surface area contributed by atoms with Crippen LogP contribution >= 0.6 is 0 Å². The minimum absolute atomic E-state index is 0.0850. The first kappa shape index (κ1) is 25.2. The predicted octanol–water partition coefficient (Wildman–Crippen LogP) is 5.37. The smallest absolute Gasteiger partial charge is 0.264 e. The Bertz CT molecular complexity index is 1230. The van der Waals surface area contributed by atoms with Gasteiger partial charge in [-0.1, -0.05) is 43.2 Å². The minimum Gasteiger partial charge on any atom is -0.325 e. The van der Waals surface area contributed by atoms with Crippen molar-refractivity contribution in [3.8, 4) is 0 Å². The Labute approximate surface area is 201 Å². The first-order valence-corrected chi connectivity index (χ1v) is 12.7. The molecule has 34 heavy (non-hydrogen) atoms. The first-order valence-electron chi connectivity index (χ1n) is 11.3. The van der Waals surface area contributed by atoms with E-state index in [1.807, 2.05) is 31.2 Å². The van der Waals surface area contributed by atoms with Gasteiger partial charge < -0.3 is 5.32 Å². The van der Waals surface area contributed by atoms with Crippen LogP contribution in [0.25, 0.3) is 0 Å². The average Bonchev–Trinajstić information content (AvgIpc) is 2.82.